The molecule has 14 heavy (non-hydrogen) atoms. The van der Waals surface area contributed by atoms with Gasteiger partial charge in [0.2, 0.25) is 0 Å². The molecule has 0 saturated carbocycles. The van der Waals surface area contributed by atoms with Crippen molar-refractivity contribution in [2.24, 2.45) is 0 Å². The predicted octanol–water partition coefficient (Wildman–Crippen LogP) is 0.233. The molecule has 5 nitrogen and oxygen atoms in total. The highest BCUT2D eigenvalue weighted by Crippen LogP contribution is 2.25. The zero-order chi connectivity index (χ0) is 9.97. The first-order chi connectivity index (χ1) is 6.74. The van der Waals surface area contributed by atoms with E-state index in [1.54, 1.807) is 0 Å². The summed E-state index contributed by atoms with van der Waals surface area (Å²) >= 11 is 1.51. The monoisotopic (exact) mass is 213 g/mol. The maximum absolute atomic E-state index is 11.1. The van der Waals surface area contributed by atoms with Crippen LogP contribution in [-0.2, 0) is 4.74 Å². The van der Waals surface area contributed by atoms with Crippen molar-refractivity contribution in [2.75, 3.05) is 18.9 Å². The number of aromatic amines is 1. The van der Waals surface area contributed by atoms with Crippen LogP contribution in [0.5, 0.6) is 0 Å². The number of nitrogens with one attached hydrogen (secondary N) is 1. The van der Waals surface area contributed by atoms with Crippen molar-refractivity contribution >= 4 is 17.6 Å². The number of anilines is 1. The molecule has 6 heteroatoms. The molecule has 1 unspecified atom stereocenters. The summed E-state index contributed by atoms with van der Waals surface area (Å²) in [5.41, 5.74) is 5.25. The van der Waals surface area contributed by atoms with E-state index in [9.17, 15) is 4.79 Å². The quantitative estimate of drug-likeness (QED) is 0.687. The van der Waals surface area contributed by atoms with E-state index in [4.69, 9.17) is 10.5 Å². The van der Waals surface area contributed by atoms with Gasteiger partial charge in [-0.25, -0.2) is 4.98 Å². The van der Waals surface area contributed by atoms with Crippen molar-refractivity contribution in [1.29, 1.82) is 0 Å². The largest absolute Gasteiger partial charge is 0.383 e. The number of aromatic nitrogens is 2. The first-order valence-corrected chi connectivity index (χ1v) is 5.23. The van der Waals surface area contributed by atoms with Gasteiger partial charge in [0.1, 0.15) is 5.82 Å². The molecule has 1 aromatic heterocycles. The van der Waals surface area contributed by atoms with E-state index < -0.39 is 0 Å². The number of ether oxygens (including phenoxy) is 1. The number of nitrogens with zero attached hydrogens (tertiary/aromatic N) is 1. The van der Waals surface area contributed by atoms with Crippen molar-refractivity contribution in [3.63, 3.8) is 0 Å². The molecule has 0 radical (unpaired) electrons. The van der Waals surface area contributed by atoms with E-state index >= 15 is 0 Å². The summed E-state index contributed by atoms with van der Waals surface area (Å²) < 4.78 is 5.22. The minimum absolute atomic E-state index is 0.209. The molecule has 0 spiro atoms. The van der Waals surface area contributed by atoms with Crippen molar-refractivity contribution in [3.05, 3.63) is 16.4 Å². The van der Waals surface area contributed by atoms with Crippen molar-refractivity contribution in [2.45, 2.75) is 16.8 Å². The first kappa shape index (κ1) is 9.54. The lowest BCUT2D eigenvalue weighted by Gasteiger charge is -2.05. The van der Waals surface area contributed by atoms with Crippen LogP contribution < -0.4 is 11.3 Å². The molecule has 0 bridgehead atoms. The highest BCUT2D eigenvalue weighted by atomic mass is 32.2. The van der Waals surface area contributed by atoms with Gasteiger partial charge in [0.25, 0.3) is 5.56 Å². The minimum atomic E-state index is -0.209. The van der Waals surface area contributed by atoms with Gasteiger partial charge in [-0.15, -0.1) is 0 Å². The highest BCUT2D eigenvalue weighted by molar-refractivity contribution is 7.99. The molecule has 0 aromatic carbocycles. The normalized spacial score (nSPS) is 21.3. The fourth-order valence-electron chi connectivity index (χ4n) is 1.27. The van der Waals surface area contributed by atoms with E-state index in [1.165, 1.54) is 17.8 Å². The molecule has 1 aromatic rings. The minimum Gasteiger partial charge on any atom is -0.383 e. The zero-order valence-corrected chi connectivity index (χ0v) is 8.34. The second-order valence-electron chi connectivity index (χ2n) is 3.08. The SMILES string of the molecule is Nc1cc(=O)[nH]c(SC2CCOC2)n1. The summed E-state index contributed by atoms with van der Waals surface area (Å²) in [6.07, 6.45) is 0.989. The van der Waals surface area contributed by atoms with Crippen LogP contribution in [0, 0.1) is 0 Å². The molecule has 2 rings (SSSR count). The van der Waals surface area contributed by atoms with Gasteiger partial charge >= 0.3 is 0 Å². The van der Waals surface area contributed by atoms with Crippen molar-refractivity contribution < 1.29 is 4.74 Å². The van der Waals surface area contributed by atoms with E-state index in [-0.39, 0.29) is 11.4 Å². The van der Waals surface area contributed by atoms with Gasteiger partial charge in [-0.05, 0) is 6.42 Å². The second kappa shape index (κ2) is 4.02. The van der Waals surface area contributed by atoms with Crippen molar-refractivity contribution in [3.8, 4) is 0 Å². The van der Waals surface area contributed by atoms with Gasteiger partial charge in [0, 0.05) is 17.9 Å². The van der Waals surface area contributed by atoms with Gasteiger partial charge in [-0.3, -0.25) is 4.79 Å². The van der Waals surface area contributed by atoms with Gasteiger partial charge in [0.05, 0.1) is 6.61 Å². The van der Waals surface area contributed by atoms with E-state index in [1.807, 2.05) is 0 Å². The molecule has 3 N–H and O–H groups in total. The lowest BCUT2D eigenvalue weighted by atomic mass is 10.4. The smallest absolute Gasteiger partial charge is 0.253 e. The Bertz CT molecular complexity index is 373. The molecule has 1 fully saturated rings. The third-order valence-corrected chi connectivity index (χ3v) is 3.03. The fourth-order valence-corrected chi connectivity index (χ4v) is 2.28. The van der Waals surface area contributed by atoms with Crippen LogP contribution in [0.1, 0.15) is 6.42 Å². The van der Waals surface area contributed by atoms with Gasteiger partial charge in [-0.2, -0.15) is 0 Å². The predicted molar refractivity (Wildman–Crippen MR) is 54.4 cm³/mol. The van der Waals surface area contributed by atoms with Crippen LogP contribution in [0.3, 0.4) is 0 Å². The summed E-state index contributed by atoms with van der Waals surface area (Å²) in [6.45, 7) is 1.49. The summed E-state index contributed by atoms with van der Waals surface area (Å²) in [5, 5.41) is 0.949. The third-order valence-electron chi connectivity index (χ3n) is 1.91. The standard InChI is InChI=1S/C8H11N3O2S/c9-6-3-7(12)11-8(10-6)14-5-1-2-13-4-5/h3,5H,1-2,4H2,(H3,9,10,11,12). The Morgan fingerprint density at radius 2 is 2.57 bits per heavy atom. The molecule has 1 saturated heterocycles. The highest BCUT2D eigenvalue weighted by Gasteiger charge is 2.17. The van der Waals surface area contributed by atoms with Crippen LogP contribution in [0.2, 0.25) is 0 Å². The third kappa shape index (κ3) is 2.27. The molecule has 0 aliphatic carbocycles. The number of H-pyrrole nitrogens is 1. The van der Waals surface area contributed by atoms with E-state index in [0.29, 0.717) is 17.0 Å². The number of thioether (sulfide) groups is 1. The number of hydrogen-bond acceptors (Lipinski definition) is 5. The van der Waals surface area contributed by atoms with E-state index in [0.717, 1.165) is 13.0 Å². The maximum Gasteiger partial charge on any atom is 0.253 e. The van der Waals surface area contributed by atoms with E-state index in [2.05, 4.69) is 9.97 Å². The fraction of sp³-hybridized carbons (Fsp3) is 0.500. The van der Waals surface area contributed by atoms with Crippen LogP contribution in [-0.4, -0.2) is 28.4 Å². The Kier molecular flexibility index (Phi) is 2.74. The average Bonchev–Trinajstić information content (AvgIpc) is 2.54. The summed E-state index contributed by atoms with van der Waals surface area (Å²) in [4.78, 5) is 17.7. The Morgan fingerprint density at radius 3 is 3.21 bits per heavy atom. The molecular formula is C8H11N3O2S. The first-order valence-electron chi connectivity index (χ1n) is 4.35. The van der Waals surface area contributed by atoms with Gasteiger partial charge < -0.3 is 15.5 Å². The maximum atomic E-state index is 11.1. The average molecular weight is 213 g/mol. The molecule has 0 amide bonds. The zero-order valence-electron chi connectivity index (χ0n) is 7.53. The van der Waals surface area contributed by atoms with Gasteiger partial charge in [0.15, 0.2) is 5.16 Å². The summed E-state index contributed by atoms with van der Waals surface area (Å²) in [7, 11) is 0. The number of nitrogen functional groups attached to an aromatic ring is 1. The van der Waals surface area contributed by atoms with Crippen LogP contribution in [0.4, 0.5) is 5.82 Å². The summed E-state index contributed by atoms with van der Waals surface area (Å²) in [5.74, 6) is 0.259. The van der Waals surface area contributed by atoms with Crippen LogP contribution in [0.15, 0.2) is 16.0 Å². The lowest BCUT2D eigenvalue weighted by molar-refractivity contribution is 0.199. The van der Waals surface area contributed by atoms with Gasteiger partial charge in [-0.1, -0.05) is 11.8 Å². The summed E-state index contributed by atoms with van der Waals surface area (Å²) in [6, 6.07) is 1.27. The molecule has 76 valence electrons. The number of hydrogen-bond donors (Lipinski definition) is 2. The molecule has 1 atom stereocenters. The Balaban J connectivity index is 2.11. The molecule has 1 aliphatic heterocycles. The van der Waals surface area contributed by atoms with Crippen LogP contribution in [0.25, 0.3) is 0 Å². The molecule has 1 aliphatic rings. The molecular weight excluding hydrogens is 202 g/mol. The Labute approximate surface area is 85.1 Å². The van der Waals surface area contributed by atoms with Crippen molar-refractivity contribution in [1.82, 2.24) is 9.97 Å². The number of nitrogens with two attached hydrogens (primary N) is 1. The molecule has 2 heterocycles. The Morgan fingerprint density at radius 1 is 1.71 bits per heavy atom. The second-order valence-corrected chi connectivity index (χ2v) is 4.37. The Hall–Kier alpha value is -1.01. The number of rotatable bonds is 2. The lowest BCUT2D eigenvalue weighted by Crippen LogP contribution is -2.11. The van der Waals surface area contributed by atoms with Crippen LogP contribution >= 0.6 is 11.8 Å². The topological polar surface area (TPSA) is 81.0 Å².